The van der Waals surface area contributed by atoms with Gasteiger partial charge in [-0.25, -0.2) is 4.79 Å². The van der Waals surface area contributed by atoms with Crippen molar-refractivity contribution in [2.75, 3.05) is 71.7 Å². The monoisotopic (exact) mass is 1050 g/mol. The van der Waals surface area contributed by atoms with Gasteiger partial charge in [0, 0.05) is 156 Å². The first-order valence-electron chi connectivity index (χ1n) is 28.5. The molecule has 4 aromatic carbocycles. The van der Waals surface area contributed by atoms with Crippen molar-refractivity contribution in [3.63, 3.8) is 0 Å². The number of carbonyl (C=O) groups is 4. The second-order valence-electron chi connectivity index (χ2n) is 22.4. The second kappa shape index (κ2) is 30.0. The zero-order valence-corrected chi connectivity index (χ0v) is 48.0. The molecule has 0 saturated carbocycles. The number of amides is 3. The highest BCUT2D eigenvalue weighted by Gasteiger charge is 2.23. The zero-order valence-electron chi connectivity index (χ0n) is 48.0. The fourth-order valence-corrected chi connectivity index (χ4v) is 10.2. The number of aryl methyl sites for hydroxylation is 2. The molecule has 0 fully saturated rings. The number of hydrogen-bond acceptors (Lipinski definition) is 9. The number of hydrogen-bond donors (Lipinski definition) is 5. The zero-order chi connectivity index (χ0) is 55.3. The van der Waals surface area contributed by atoms with Gasteiger partial charge in [-0.15, -0.1) is 0 Å². The molecular formula is C63H91N9O5+2. The minimum atomic E-state index is -0.581. The number of rotatable bonds is 32. The van der Waals surface area contributed by atoms with E-state index in [0.29, 0.717) is 51.7 Å². The smallest absolute Gasteiger partial charge is 0.407 e. The molecule has 77 heavy (non-hydrogen) atoms. The Morgan fingerprint density at radius 3 is 1.48 bits per heavy atom. The van der Waals surface area contributed by atoms with Crippen molar-refractivity contribution < 1.29 is 33.0 Å². The van der Waals surface area contributed by atoms with Crippen LogP contribution in [0.25, 0.3) is 43.6 Å². The van der Waals surface area contributed by atoms with E-state index in [1.807, 2.05) is 34.9 Å². The van der Waals surface area contributed by atoms with Gasteiger partial charge in [-0.2, -0.15) is 9.13 Å². The van der Waals surface area contributed by atoms with Gasteiger partial charge in [-0.1, -0.05) is 18.6 Å². The van der Waals surface area contributed by atoms with Gasteiger partial charge in [-0.3, -0.25) is 14.4 Å². The molecule has 1 unspecified atom stereocenters. The third kappa shape index (κ3) is 18.7. The number of ether oxygens (including phenoxy) is 1. The Hall–Kier alpha value is -6.38. The number of fused-ring (bicyclic) bond motifs is 4. The molecule has 6 aromatic rings. The second-order valence-corrected chi connectivity index (χ2v) is 22.4. The first-order valence-corrected chi connectivity index (χ1v) is 28.5. The van der Waals surface area contributed by atoms with Crippen LogP contribution in [0, 0.1) is 5.92 Å². The van der Waals surface area contributed by atoms with Gasteiger partial charge >= 0.3 is 6.09 Å². The van der Waals surface area contributed by atoms with Crippen LogP contribution in [0.2, 0.25) is 0 Å². The van der Waals surface area contributed by atoms with Gasteiger partial charge in [0.25, 0.3) is 0 Å². The van der Waals surface area contributed by atoms with Crippen LogP contribution in [-0.2, 0) is 45.3 Å². The lowest BCUT2D eigenvalue weighted by atomic mass is 9.93. The summed E-state index contributed by atoms with van der Waals surface area (Å²) in [7, 11) is 12.2. The van der Waals surface area contributed by atoms with E-state index >= 15 is 0 Å². The number of carbonyl (C=O) groups excluding carboxylic acids is 4. The molecule has 0 aliphatic rings. The molecule has 14 nitrogen and oxygen atoms in total. The number of nitrogens with one attached hydrogen (secondary N) is 5. The molecular weight excluding hydrogens is 963 g/mol. The summed E-state index contributed by atoms with van der Waals surface area (Å²) in [6, 6.07) is 31.2. The summed E-state index contributed by atoms with van der Waals surface area (Å²) < 4.78 is 10.3. The van der Waals surface area contributed by atoms with Crippen molar-refractivity contribution in [1.82, 2.24) is 26.6 Å². The quantitative estimate of drug-likeness (QED) is 0.0158. The van der Waals surface area contributed by atoms with Crippen LogP contribution in [0.1, 0.15) is 128 Å². The third-order valence-corrected chi connectivity index (χ3v) is 14.4. The summed E-state index contributed by atoms with van der Waals surface area (Å²) in [5.74, 6) is -0.338. The van der Waals surface area contributed by atoms with Gasteiger partial charge in [0.1, 0.15) is 24.5 Å². The average molecular weight is 1050 g/mol. The van der Waals surface area contributed by atoms with E-state index in [1.54, 1.807) is 0 Å². The third-order valence-electron chi connectivity index (χ3n) is 14.4. The van der Waals surface area contributed by atoms with Gasteiger partial charge in [0.2, 0.25) is 33.9 Å². The van der Waals surface area contributed by atoms with Crippen LogP contribution >= 0.6 is 0 Å². The average Bonchev–Trinajstić information content (AvgIpc) is 3.40. The lowest BCUT2D eigenvalue weighted by molar-refractivity contribution is -0.646. The fourth-order valence-electron chi connectivity index (χ4n) is 10.2. The lowest BCUT2D eigenvalue weighted by Gasteiger charge is -2.20. The van der Waals surface area contributed by atoms with Crippen molar-refractivity contribution in [2.24, 2.45) is 5.92 Å². The number of unbranched alkanes of at least 4 members (excludes halogenated alkanes) is 7. The van der Waals surface area contributed by atoms with Crippen molar-refractivity contribution >= 4 is 78.7 Å². The molecule has 0 aliphatic carbocycles. The van der Waals surface area contributed by atoms with E-state index in [0.717, 1.165) is 95.3 Å². The summed E-state index contributed by atoms with van der Waals surface area (Å²) in [6.07, 6.45) is 10.4. The molecule has 2 aromatic heterocycles. The summed E-state index contributed by atoms with van der Waals surface area (Å²) in [5, 5.41) is 20.5. The molecule has 3 amide bonds. The van der Waals surface area contributed by atoms with Gasteiger partial charge < -0.3 is 41.1 Å². The normalized spacial score (nSPS) is 12.1. The number of anilines is 2. The number of ketones is 1. The Labute approximate surface area is 459 Å². The molecule has 2 heterocycles. The van der Waals surface area contributed by atoms with Gasteiger partial charge in [-0.05, 0) is 152 Å². The Morgan fingerprint density at radius 2 is 0.974 bits per heavy atom. The Kier molecular flexibility index (Phi) is 23.3. The van der Waals surface area contributed by atoms with E-state index in [1.165, 1.54) is 54.7 Å². The van der Waals surface area contributed by atoms with E-state index in [-0.39, 0.29) is 24.0 Å². The van der Waals surface area contributed by atoms with Gasteiger partial charge in [0.15, 0.2) is 0 Å². The first kappa shape index (κ1) is 59.9. The van der Waals surface area contributed by atoms with Crippen LogP contribution in [0.5, 0.6) is 0 Å². The number of pyridine rings is 2. The van der Waals surface area contributed by atoms with Crippen LogP contribution in [0.15, 0.2) is 84.9 Å². The Morgan fingerprint density at radius 1 is 0.519 bits per heavy atom. The predicted octanol–water partition coefficient (Wildman–Crippen LogP) is 9.94. The highest BCUT2D eigenvalue weighted by Crippen LogP contribution is 2.27. The van der Waals surface area contributed by atoms with Crippen molar-refractivity contribution in [3.05, 3.63) is 96.1 Å². The number of aromatic nitrogens is 2. The SMILES string of the molecule is CNCc1ccc2cc3ccc(CNC)cc3[n+](CCCCCC(=O)NCCCCCNC(=O)C(CCCCNC(=O)OC(C)(C)C)CC(=O)CCCCC[n+]3c4cc(N(C)C)ccc4cc4ccc(N(C)C)cc43)c2c1. The summed E-state index contributed by atoms with van der Waals surface area (Å²) in [6.45, 7) is 10.4. The molecule has 0 radical (unpaired) electrons. The largest absolute Gasteiger partial charge is 0.444 e. The van der Waals surface area contributed by atoms with E-state index in [2.05, 4.69) is 159 Å². The first-order chi connectivity index (χ1) is 37.0. The maximum atomic E-state index is 13.7. The number of Topliss-reactive ketones (excluding diaryl/α,β-unsaturated/α-hetero) is 1. The molecule has 0 spiro atoms. The maximum absolute atomic E-state index is 13.7. The maximum Gasteiger partial charge on any atom is 0.407 e. The topological polar surface area (TPSA) is 152 Å². The number of benzene rings is 4. The van der Waals surface area contributed by atoms with Crippen molar-refractivity contribution in [3.8, 4) is 0 Å². The minimum Gasteiger partial charge on any atom is -0.444 e. The Balaban J connectivity index is 0.926. The minimum absolute atomic E-state index is 0.0820. The molecule has 416 valence electrons. The lowest BCUT2D eigenvalue weighted by Crippen LogP contribution is -2.36. The van der Waals surface area contributed by atoms with Crippen LogP contribution in [-0.4, -0.2) is 91.2 Å². The molecule has 0 aliphatic heterocycles. The standard InChI is InChI=1S/C63H89N9O5/c1-63(2,3)77-62(76)68-34-18-15-21-52(41-55(73)22-13-10-19-36-72-58-42-53(69(6)7)30-28-50(58)40-51-29-31-54(70(8)9)43-59(51)72)61(75)67-33-17-12-16-32-66-60(74)23-14-11-20-35-71-56-37-46(44-64-4)24-26-48(56)39-49-27-25-47(45-65-5)38-57(49)71/h24-31,37-40,42-43,52,64-65H,10-23,32-36,41,44-45H2,1-9H3,(H-2,66,67,68,74,75,76)/p+2. The van der Waals surface area contributed by atoms with E-state index in [9.17, 15) is 19.2 Å². The van der Waals surface area contributed by atoms with Crippen LogP contribution in [0.4, 0.5) is 16.2 Å². The fraction of sp³-hybridized carbons (Fsp3) is 0.524. The molecule has 1 atom stereocenters. The Bertz CT molecular complexity index is 2780. The highest BCUT2D eigenvalue weighted by atomic mass is 16.6. The molecule has 0 bridgehead atoms. The number of alkyl carbamates (subject to hydrolysis) is 1. The van der Waals surface area contributed by atoms with Crippen LogP contribution in [0.3, 0.4) is 0 Å². The van der Waals surface area contributed by atoms with E-state index in [4.69, 9.17) is 4.74 Å². The molecule has 5 N–H and O–H groups in total. The summed E-state index contributed by atoms with van der Waals surface area (Å²) >= 11 is 0. The molecule has 6 rings (SSSR count). The van der Waals surface area contributed by atoms with Crippen molar-refractivity contribution in [1.29, 1.82) is 0 Å². The molecule has 0 saturated heterocycles. The summed E-state index contributed by atoms with van der Waals surface area (Å²) in [4.78, 5) is 56.5. The molecule has 14 heteroatoms. The summed E-state index contributed by atoms with van der Waals surface area (Å²) in [5.41, 5.74) is 9.08. The highest BCUT2D eigenvalue weighted by molar-refractivity contribution is 5.92. The van der Waals surface area contributed by atoms with Gasteiger partial charge in [0.05, 0.1) is 0 Å². The number of nitrogens with zero attached hydrogens (tertiary/aromatic N) is 4. The van der Waals surface area contributed by atoms with Crippen LogP contribution < -0.4 is 45.5 Å². The van der Waals surface area contributed by atoms with Crippen molar-refractivity contribution in [2.45, 2.75) is 149 Å². The predicted molar refractivity (Wildman–Crippen MR) is 315 cm³/mol. The van der Waals surface area contributed by atoms with E-state index < -0.39 is 17.6 Å².